The molecule has 0 unspecified atom stereocenters. The maximum Gasteiger partial charge on any atom is 0.224 e. The number of H-pyrrole nitrogens is 1. The molecule has 62 valence electrons. The zero-order chi connectivity index (χ0) is 8.97. The number of nitrogens with one attached hydrogen (secondary N) is 1. The van der Waals surface area contributed by atoms with E-state index in [9.17, 15) is 4.79 Å². The van der Waals surface area contributed by atoms with Crippen molar-refractivity contribution in [3.05, 3.63) is 28.2 Å². The van der Waals surface area contributed by atoms with Gasteiger partial charge >= 0.3 is 0 Å². The fraction of sp³-hybridized carbons (Fsp3) is 0.250. The molecule has 0 aromatic carbocycles. The summed E-state index contributed by atoms with van der Waals surface area (Å²) in [5, 5.41) is 8.57. The minimum absolute atomic E-state index is 0.0995. The van der Waals surface area contributed by atoms with Crippen molar-refractivity contribution >= 4 is 0 Å². The van der Waals surface area contributed by atoms with Crippen molar-refractivity contribution in [1.29, 1.82) is 5.26 Å². The molecule has 1 aromatic rings. The maximum atomic E-state index is 11.1. The molecule has 0 atom stereocenters. The third-order valence-electron chi connectivity index (χ3n) is 1.31. The molecule has 0 aliphatic heterocycles. The molecular formula is C8H8N2O2. The van der Waals surface area contributed by atoms with Gasteiger partial charge in [-0.2, -0.15) is 5.26 Å². The molecule has 0 saturated heterocycles. The van der Waals surface area contributed by atoms with E-state index in [4.69, 9.17) is 10.00 Å². The quantitative estimate of drug-likeness (QED) is 0.697. The Labute approximate surface area is 69.4 Å². The second kappa shape index (κ2) is 3.58. The van der Waals surface area contributed by atoms with Gasteiger partial charge in [0.05, 0.1) is 6.61 Å². The largest absolute Gasteiger partial charge is 0.487 e. The van der Waals surface area contributed by atoms with Crippen molar-refractivity contribution in [2.45, 2.75) is 6.92 Å². The topological polar surface area (TPSA) is 65.9 Å². The first-order chi connectivity index (χ1) is 5.79. The number of aromatic amines is 1. The van der Waals surface area contributed by atoms with E-state index in [0.29, 0.717) is 6.61 Å². The van der Waals surface area contributed by atoms with Gasteiger partial charge < -0.3 is 9.72 Å². The third kappa shape index (κ3) is 1.45. The third-order valence-corrected chi connectivity index (χ3v) is 1.31. The zero-order valence-corrected chi connectivity index (χ0v) is 6.63. The predicted octanol–water partition coefficient (Wildman–Crippen LogP) is 0.645. The van der Waals surface area contributed by atoms with Crippen molar-refractivity contribution in [2.24, 2.45) is 0 Å². The van der Waals surface area contributed by atoms with E-state index in [-0.39, 0.29) is 16.9 Å². The van der Waals surface area contributed by atoms with E-state index in [1.165, 1.54) is 12.3 Å². The number of pyridine rings is 1. The molecule has 0 aliphatic carbocycles. The summed E-state index contributed by atoms with van der Waals surface area (Å²) < 4.78 is 4.99. The molecule has 12 heavy (non-hydrogen) atoms. The average molecular weight is 164 g/mol. The highest BCUT2D eigenvalue weighted by atomic mass is 16.5. The van der Waals surface area contributed by atoms with Gasteiger partial charge in [0.1, 0.15) is 6.07 Å². The van der Waals surface area contributed by atoms with Crippen LogP contribution in [0.5, 0.6) is 5.75 Å². The van der Waals surface area contributed by atoms with Crippen molar-refractivity contribution in [2.75, 3.05) is 6.61 Å². The Morgan fingerprint density at radius 2 is 2.50 bits per heavy atom. The molecule has 1 rings (SSSR count). The molecule has 0 bridgehead atoms. The lowest BCUT2D eigenvalue weighted by Gasteiger charge is -2.01. The minimum Gasteiger partial charge on any atom is -0.487 e. The lowest BCUT2D eigenvalue weighted by Crippen LogP contribution is -2.09. The minimum atomic E-state index is -0.271. The van der Waals surface area contributed by atoms with Gasteiger partial charge in [-0.3, -0.25) is 4.79 Å². The van der Waals surface area contributed by atoms with Gasteiger partial charge in [-0.25, -0.2) is 0 Å². The molecule has 1 N–H and O–H groups in total. The van der Waals surface area contributed by atoms with Gasteiger partial charge in [0.25, 0.3) is 0 Å². The van der Waals surface area contributed by atoms with Crippen molar-refractivity contribution < 1.29 is 4.74 Å². The molecule has 0 saturated carbocycles. The van der Waals surface area contributed by atoms with Gasteiger partial charge in [-0.05, 0) is 6.92 Å². The van der Waals surface area contributed by atoms with Crippen LogP contribution in [0.25, 0.3) is 0 Å². The SMILES string of the molecule is CCOc1c(C#N)[nH]ccc1=O. The number of rotatable bonds is 2. The predicted molar refractivity (Wildman–Crippen MR) is 42.9 cm³/mol. The molecule has 0 spiro atoms. The van der Waals surface area contributed by atoms with E-state index in [1.54, 1.807) is 6.92 Å². The molecule has 0 amide bonds. The number of nitrogens with zero attached hydrogens (tertiary/aromatic N) is 1. The summed E-state index contributed by atoms with van der Waals surface area (Å²) in [7, 11) is 0. The van der Waals surface area contributed by atoms with Crippen LogP contribution in [0.1, 0.15) is 12.6 Å². The lowest BCUT2D eigenvalue weighted by atomic mass is 10.3. The molecule has 0 fully saturated rings. The number of hydrogen-bond donors (Lipinski definition) is 1. The Kier molecular flexibility index (Phi) is 2.49. The summed E-state index contributed by atoms with van der Waals surface area (Å²) in [6.07, 6.45) is 1.42. The Bertz CT molecular complexity index is 362. The molecular weight excluding hydrogens is 156 g/mol. The van der Waals surface area contributed by atoms with Crippen molar-refractivity contribution in [3.8, 4) is 11.8 Å². The maximum absolute atomic E-state index is 11.1. The molecule has 0 radical (unpaired) electrons. The summed E-state index contributed by atoms with van der Waals surface area (Å²) in [4.78, 5) is 13.7. The Balaban J connectivity index is 3.22. The monoisotopic (exact) mass is 164 g/mol. The first-order valence-electron chi connectivity index (χ1n) is 3.54. The molecule has 4 heteroatoms. The van der Waals surface area contributed by atoms with Crippen LogP contribution in [0.2, 0.25) is 0 Å². The second-order valence-corrected chi connectivity index (χ2v) is 2.09. The zero-order valence-electron chi connectivity index (χ0n) is 6.63. The second-order valence-electron chi connectivity index (χ2n) is 2.09. The van der Waals surface area contributed by atoms with Crippen LogP contribution in [0.3, 0.4) is 0 Å². The molecule has 4 nitrogen and oxygen atoms in total. The van der Waals surface area contributed by atoms with Crippen LogP contribution >= 0.6 is 0 Å². The highest BCUT2D eigenvalue weighted by Gasteiger charge is 2.05. The van der Waals surface area contributed by atoms with Crippen LogP contribution in [0.4, 0.5) is 0 Å². The van der Waals surface area contributed by atoms with Crippen LogP contribution in [-0.2, 0) is 0 Å². The van der Waals surface area contributed by atoms with Gasteiger partial charge in [-0.1, -0.05) is 0 Å². The van der Waals surface area contributed by atoms with Crippen LogP contribution in [0, 0.1) is 11.3 Å². The van der Waals surface area contributed by atoms with E-state index < -0.39 is 0 Å². The van der Waals surface area contributed by atoms with E-state index >= 15 is 0 Å². The summed E-state index contributed by atoms with van der Waals surface area (Å²) >= 11 is 0. The number of ether oxygens (including phenoxy) is 1. The molecule has 1 aromatic heterocycles. The van der Waals surface area contributed by atoms with E-state index in [2.05, 4.69) is 4.98 Å². The summed E-state index contributed by atoms with van der Waals surface area (Å²) in [6.45, 7) is 2.13. The fourth-order valence-electron chi connectivity index (χ4n) is 0.836. The van der Waals surface area contributed by atoms with Crippen molar-refractivity contribution in [1.82, 2.24) is 4.98 Å². The summed E-state index contributed by atoms with van der Waals surface area (Å²) in [5.74, 6) is 0.0995. The number of hydrogen-bond acceptors (Lipinski definition) is 3. The van der Waals surface area contributed by atoms with Crippen LogP contribution in [-0.4, -0.2) is 11.6 Å². The van der Waals surface area contributed by atoms with E-state index in [0.717, 1.165) is 0 Å². The van der Waals surface area contributed by atoms with Crippen LogP contribution < -0.4 is 10.2 Å². The van der Waals surface area contributed by atoms with Gasteiger partial charge in [-0.15, -0.1) is 0 Å². The van der Waals surface area contributed by atoms with Gasteiger partial charge in [0.2, 0.25) is 11.2 Å². The standard InChI is InChI=1S/C8H8N2O2/c1-2-12-8-6(5-9)10-4-3-7(8)11/h3-4H,2H2,1H3,(H,10,11). The van der Waals surface area contributed by atoms with E-state index in [1.807, 2.05) is 6.07 Å². The highest BCUT2D eigenvalue weighted by Crippen LogP contribution is 2.06. The van der Waals surface area contributed by atoms with Gasteiger partial charge in [0.15, 0.2) is 5.69 Å². The highest BCUT2D eigenvalue weighted by molar-refractivity contribution is 5.36. The van der Waals surface area contributed by atoms with Crippen LogP contribution in [0.15, 0.2) is 17.1 Å². The first kappa shape index (κ1) is 8.34. The van der Waals surface area contributed by atoms with Crippen molar-refractivity contribution in [3.63, 3.8) is 0 Å². The smallest absolute Gasteiger partial charge is 0.224 e. The molecule has 0 aliphatic rings. The van der Waals surface area contributed by atoms with Gasteiger partial charge in [0, 0.05) is 12.3 Å². The Morgan fingerprint density at radius 3 is 3.08 bits per heavy atom. The summed E-state index contributed by atoms with van der Waals surface area (Å²) in [5.41, 5.74) is -0.100. The Morgan fingerprint density at radius 1 is 1.75 bits per heavy atom. The fourth-order valence-corrected chi connectivity index (χ4v) is 0.836. The summed E-state index contributed by atoms with van der Waals surface area (Å²) in [6, 6.07) is 3.17. The lowest BCUT2D eigenvalue weighted by molar-refractivity contribution is 0.334. The Hall–Kier alpha value is -1.76. The number of aromatic nitrogens is 1. The normalized spacial score (nSPS) is 9.00. The molecule has 1 heterocycles. The average Bonchev–Trinajstić information content (AvgIpc) is 2.09. The number of nitriles is 1. The first-order valence-corrected chi connectivity index (χ1v) is 3.54.